The SMILES string of the molecule is c1[nH]cc(N2CCNCC2)c1N1CCCCC1. The molecule has 0 saturated carbocycles. The number of hydrogen-bond donors (Lipinski definition) is 2. The van der Waals surface area contributed by atoms with E-state index in [9.17, 15) is 0 Å². The highest BCUT2D eigenvalue weighted by molar-refractivity contribution is 5.71. The molecule has 1 aromatic heterocycles. The van der Waals surface area contributed by atoms with Crippen LogP contribution in [0.4, 0.5) is 11.4 Å². The molecule has 2 aliphatic rings. The number of piperazine rings is 1. The van der Waals surface area contributed by atoms with Gasteiger partial charge in [-0.05, 0) is 19.3 Å². The Morgan fingerprint density at radius 1 is 0.765 bits per heavy atom. The Balaban J connectivity index is 1.77. The molecule has 0 aliphatic carbocycles. The van der Waals surface area contributed by atoms with Gasteiger partial charge in [-0.1, -0.05) is 0 Å². The van der Waals surface area contributed by atoms with Crippen molar-refractivity contribution in [3.05, 3.63) is 12.4 Å². The number of anilines is 2. The minimum atomic E-state index is 1.10. The van der Waals surface area contributed by atoms with Gasteiger partial charge in [0, 0.05) is 51.7 Å². The highest BCUT2D eigenvalue weighted by Crippen LogP contribution is 2.31. The summed E-state index contributed by atoms with van der Waals surface area (Å²) in [5, 5.41) is 3.41. The van der Waals surface area contributed by atoms with E-state index in [1.807, 2.05) is 0 Å². The van der Waals surface area contributed by atoms with Gasteiger partial charge in [0.2, 0.25) is 0 Å². The van der Waals surface area contributed by atoms with Crippen LogP contribution in [0.1, 0.15) is 19.3 Å². The molecule has 3 rings (SSSR count). The van der Waals surface area contributed by atoms with E-state index in [2.05, 4.69) is 32.5 Å². The fraction of sp³-hybridized carbons (Fsp3) is 0.692. The van der Waals surface area contributed by atoms with Gasteiger partial charge in [-0.25, -0.2) is 0 Å². The first-order valence-corrected chi connectivity index (χ1v) is 6.82. The molecule has 0 amide bonds. The molecule has 0 bridgehead atoms. The summed E-state index contributed by atoms with van der Waals surface area (Å²) in [7, 11) is 0. The topological polar surface area (TPSA) is 34.3 Å². The van der Waals surface area contributed by atoms with Crippen LogP contribution in [0.25, 0.3) is 0 Å². The highest BCUT2D eigenvalue weighted by atomic mass is 15.2. The molecule has 1 aromatic rings. The van der Waals surface area contributed by atoms with E-state index in [1.54, 1.807) is 0 Å². The normalized spacial score (nSPS) is 21.9. The van der Waals surface area contributed by atoms with Crippen LogP contribution in [0.3, 0.4) is 0 Å². The first-order chi connectivity index (χ1) is 8.45. The van der Waals surface area contributed by atoms with Gasteiger partial charge in [0.25, 0.3) is 0 Å². The zero-order chi connectivity index (χ0) is 11.5. The Hall–Kier alpha value is -1.16. The summed E-state index contributed by atoms with van der Waals surface area (Å²) in [5.74, 6) is 0. The number of rotatable bonds is 2. The molecule has 2 N–H and O–H groups in total. The van der Waals surface area contributed by atoms with Crippen molar-refractivity contribution < 1.29 is 0 Å². The minimum absolute atomic E-state index is 1.10. The summed E-state index contributed by atoms with van der Waals surface area (Å²) in [6.45, 7) is 6.89. The van der Waals surface area contributed by atoms with Gasteiger partial charge in [-0.2, -0.15) is 0 Å². The summed E-state index contributed by atoms with van der Waals surface area (Å²) in [6, 6.07) is 0. The molecule has 4 heteroatoms. The second-order valence-corrected chi connectivity index (χ2v) is 5.01. The van der Waals surface area contributed by atoms with E-state index in [0.29, 0.717) is 0 Å². The third-order valence-corrected chi connectivity index (χ3v) is 3.86. The second-order valence-electron chi connectivity index (χ2n) is 5.01. The molecule has 0 aromatic carbocycles. The molecule has 2 fully saturated rings. The van der Waals surface area contributed by atoms with Gasteiger partial charge in [-0.15, -0.1) is 0 Å². The number of aromatic nitrogens is 1. The van der Waals surface area contributed by atoms with Crippen molar-refractivity contribution >= 4 is 11.4 Å². The number of piperidine rings is 1. The van der Waals surface area contributed by atoms with E-state index in [-0.39, 0.29) is 0 Å². The molecule has 0 spiro atoms. The number of aromatic amines is 1. The molecule has 4 nitrogen and oxygen atoms in total. The fourth-order valence-electron chi connectivity index (χ4n) is 2.89. The maximum absolute atomic E-state index is 3.41. The number of hydrogen-bond acceptors (Lipinski definition) is 3. The largest absolute Gasteiger partial charge is 0.369 e. The average molecular weight is 234 g/mol. The van der Waals surface area contributed by atoms with Crippen molar-refractivity contribution in [1.82, 2.24) is 10.3 Å². The maximum Gasteiger partial charge on any atom is 0.0782 e. The monoisotopic (exact) mass is 234 g/mol. The number of H-pyrrole nitrogens is 1. The molecule has 94 valence electrons. The first-order valence-electron chi connectivity index (χ1n) is 6.82. The lowest BCUT2D eigenvalue weighted by Crippen LogP contribution is -2.44. The Morgan fingerprint density at radius 2 is 1.35 bits per heavy atom. The van der Waals surface area contributed by atoms with Gasteiger partial charge < -0.3 is 20.1 Å². The molecule has 17 heavy (non-hydrogen) atoms. The van der Waals surface area contributed by atoms with E-state index in [0.717, 1.165) is 26.2 Å². The van der Waals surface area contributed by atoms with Crippen molar-refractivity contribution in [3.63, 3.8) is 0 Å². The van der Waals surface area contributed by atoms with Crippen molar-refractivity contribution in [2.24, 2.45) is 0 Å². The van der Waals surface area contributed by atoms with E-state index in [1.165, 1.54) is 43.7 Å². The van der Waals surface area contributed by atoms with Gasteiger partial charge in [-0.3, -0.25) is 0 Å². The van der Waals surface area contributed by atoms with Crippen LogP contribution in [0.15, 0.2) is 12.4 Å². The van der Waals surface area contributed by atoms with Crippen molar-refractivity contribution in [2.75, 3.05) is 49.1 Å². The van der Waals surface area contributed by atoms with Crippen LogP contribution in [-0.4, -0.2) is 44.3 Å². The molecule has 0 unspecified atom stereocenters. The zero-order valence-corrected chi connectivity index (χ0v) is 10.4. The first kappa shape index (κ1) is 11.0. The Morgan fingerprint density at radius 3 is 2.00 bits per heavy atom. The van der Waals surface area contributed by atoms with E-state index in [4.69, 9.17) is 0 Å². The Labute approximate surface area is 103 Å². The fourth-order valence-corrected chi connectivity index (χ4v) is 2.89. The second kappa shape index (κ2) is 5.00. The number of nitrogens with zero attached hydrogens (tertiary/aromatic N) is 2. The predicted molar refractivity (Wildman–Crippen MR) is 71.9 cm³/mol. The predicted octanol–water partition coefficient (Wildman–Crippen LogP) is 1.41. The van der Waals surface area contributed by atoms with Crippen LogP contribution >= 0.6 is 0 Å². The van der Waals surface area contributed by atoms with E-state index >= 15 is 0 Å². The highest BCUT2D eigenvalue weighted by Gasteiger charge is 2.19. The minimum Gasteiger partial charge on any atom is -0.369 e. The standard InChI is InChI=1S/C13H22N4/c1-2-6-16(7-3-1)12-10-15-11-13(12)17-8-4-14-5-9-17/h10-11,14-15H,1-9H2. The summed E-state index contributed by atoms with van der Waals surface area (Å²) < 4.78 is 0. The van der Waals surface area contributed by atoms with Crippen LogP contribution < -0.4 is 15.1 Å². The average Bonchev–Trinajstić information content (AvgIpc) is 2.90. The maximum atomic E-state index is 3.41. The van der Waals surface area contributed by atoms with Crippen LogP contribution in [0.2, 0.25) is 0 Å². The Kier molecular flexibility index (Phi) is 3.22. The van der Waals surface area contributed by atoms with Crippen LogP contribution in [0, 0.1) is 0 Å². The molecular formula is C13H22N4. The zero-order valence-electron chi connectivity index (χ0n) is 10.4. The number of nitrogens with one attached hydrogen (secondary N) is 2. The molecule has 0 radical (unpaired) electrons. The third-order valence-electron chi connectivity index (χ3n) is 3.86. The summed E-state index contributed by atoms with van der Waals surface area (Å²) in [4.78, 5) is 8.33. The molecule has 3 heterocycles. The lowest BCUT2D eigenvalue weighted by Gasteiger charge is -2.34. The Bertz CT molecular complexity index is 316. The smallest absolute Gasteiger partial charge is 0.0782 e. The van der Waals surface area contributed by atoms with Crippen molar-refractivity contribution in [1.29, 1.82) is 0 Å². The van der Waals surface area contributed by atoms with E-state index < -0.39 is 0 Å². The van der Waals surface area contributed by atoms with Crippen molar-refractivity contribution in [3.8, 4) is 0 Å². The van der Waals surface area contributed by atoms with Gasteiger partial charge in [0.05, 0.1) is 11.4 Å². The molecule has 2 saturated heterocycles. The molecule has 0 atom stereocenters. The summed E-state index contributed by atoms with van der Waals surface area (Å²) in [6.07, 6.45) is 8.40. The third kappa shape index (κ3) is 2.27. The van der Waals surface area contributed by atoms with Gasteiger partial charge >= 0.3 is 0 Å². The lowest BCUT2D eigenvalue weighted by atomic mass is 10.1. The van der Waals surface area contributed by atoms with Crippen molar-refractivity contribution in [2.45, 2.75) is 19.3 Å². The van der Waals surface area contributed by atoms with Gasteiger partial charge in [0.1, 0.15) is 0 Å². The molecular weight excluding hydrogens is 212 g/mol. The summed E-state index contributed by atoms with van der Waals surface area (Å²) >= 11 is 0. The summed E-state index contributed by atoms with van der Waals surface area (Å²) in [5.41, 5.74) is 2.81. The van der Waals surface area contributed by atoms with Crippen LogP contribution in [0.5, 0.6) is 0 Å². The quantitative estimate of drug-likeness (QED) is 0.812. The van der Waals surface area contributed by atoms with Crippen LogP contribution in [-0.2, 0) is 0 Å². The molecule has 2 aliphatic heterocycles. The lowest BCUT2D eigenvalue weighted by molar-refractivity contribution is 0.571. The van der Waals surface area contributed by atoms with Gasteiger partial charge in [0.15, 0.2) is 0 Å².